The highest BCUT2D eigenvalue weighted by molar-refractivity contribution is 6.06. The van der Waals surface area contributed by atoms with Gasteiger partial charge in [0.1, 0.15) is 0 Å². The fourth-order valence-electron chi connectivity index (χ4n) is 2.91. The lowest BCUT2D eigenvalue weighted by atomic mass is 9.92. The Balaban J connectivity index is 1.85. The molecule has 0 aliphatic carbocycles. The van der Waals surface area contributed by atoms with Crippen molar-refractivity contribution in [1.82, 2.24) is 4.90 Å². The van der Waals surface area contributed by atoms with Crippen molar-refractivity contribution in [3.8, 4) is 11.5 Å². The lowest BCUT2D eigenvalue weighted by molar-refractivity contribution is -0.129. The zero-order chi connectivity index (χ0) is 12.3. The molecule has 3 aliphatic heterocycles. The third-order valence-electron chi connectivity index (χ3n) is 3.84. The van der Waals surface area contributed by atoms with E-state index in [9.17, 15) is 9.59 Å². The average Bonchev–Trinajstić information content (AvgIpc) is 2.95. The first-order valence-electron chi connectivity index (χ1n) is 6.00. The predicted molar refractivity (Wildman–Crippen MR) is 60.5 cm³/mol. The van der Waals surface area contributed by atoms with Crippen molar-refractivity contribution in [2.75, 3.05) is 6.79 Å². The molecule has 3 aliphatic rings. The number of rotatable bonds is 0. The largest absolute Gasteiger partial charge is 0.454 e. The minimum atomic E-state index is -0.273. The number of nitrogens with zero attached hydrogens (tertiary/aromatic N) is 1. The first-order valence-corrected chi connectivity index (χ1v) is 6.00. The molecule has 0 bridgehead atoms. The van der Waals surface area contributed by atoms with Gasteiger partial charge in [-0.25, -0.2) is 0 Å². The van der Waals surface area contributed by atoms with Crippen molar-refractivity contribution >= 4 is 11.7 Å². The van der Waals surface area contributed by atoms with Crippen LogP contribution in [-0.4, -0.2) is 29.4 Å². The molecular weight excluding hydrogens is 234 g/mol. The van der Waals surface area contributed by atoms with Gasteiger partial charge in [-0.3, -0.25) is 9.59 Å². The van der Waals surface area contributed by atoms with Gasteiger partial charge < -0.3 is 14.4 Å². The Morgan fingerprint density at radius 1 is 1.17 bits per heavy atom. The third-order valence-corrected chi connectivity index (χ3v) is 3.84. The van der Waals surface area contributed by atoms with Gasteiger partial charge in [-0.1, -0.05) is 0 Å². The monoisotopic (exact) mass is 245 g/mol. The van der Waals surface area contributed by atoms with Gasteiger partial charge in [-0.2, -0.15) is 0 Å². The van der Waals surface area contributed by atoms with E-state index in [2.05, 4.69) is 0 Å². The summed E-state index contributed by atoms with van der Waals surface area (Å²) in [7, 11) is 0. The first kappa shape index (κ1) is 9.94. The maximum Gasteiger partial charge on any atom is 0.231 e. The summed E-state index contributed by atoms with van der Waals surface area (Å²) in [6, 6.07) is 3.29. The molecule has 4 rings (SSSR count). The van der Waals surface area contributed by atoms with Crippen LogP contribution in [0.25, 0.3) is 0 Å². The summed E-state index contributed by atoms with van der Waals surface area (Å²) < 4.78 is 10.6. The highest BCUT2D eigenvalue weighted by atomic mass is 16.7. The Labute approximate surface area is 103 Å². The molecule has 1 unspecified atom stereocenters. The molecule has 18 heavy (non-hydrogen) atoms. The Bertz CT molecular complexity index is 581. The fraction of sp³-hybridized carbons (Fsp3) is 0.385. The number of amides is 1. The number of fused-ring (bicyclic) bond motifs is 3. The summed E-state index contributed by atoms with van der Waals surface area (Å²) >= 11 is 0. The molecule has 1 aromatic rings. The molecule has 5 heteroatoms. The minimum absolute atomic E-state index is 0.0281. The van der Waals surface area contributed by atoms with Gasteiger partial charge in [0.05, 0.1) is 6.04 Å². The van der Waals surface area contributed by atoms with Crippen molar-refractivity contribution in [1.29, 1.82) is 0 Å². The van der Waals surface area contributed by atoms with Crippen molar-refractivity contribution in [3.05, 3.63) is 23.3 Å². The maximum absolute atomic E-state index is 12.4. The van der Waals surface area contributed by atoms with Gasteiger partial charge >= 0.3 is 0 Å². The molecule has 0 radical (unpaired) electrons. The summed E-state index contributed by atoms with van der Waals surface area (Å²) in [5.74, 6) is 1.38. The molecule has 1 fully saturated rings. The molecule has 0 N–H and O–H groups in total. The van der Waals surface area contributed by atoms with E-state index in [1.54, 1.807) is 11.0 Å². The third kappa shape index (κ3) is 1.16. The zero-order valence-corrected chi connectivity index (χ0v) is 9.64. The smallest absolute Gasteiger partial charge is 0.231 e. The van der Waals surface area contributed by atoms with Gasteiger partial charge in [0, 0.05) is 18.5 Å². The van der Waals surface area contributed by atoms with Gasteiger partial charge in [0.15, 0.2) is 17.3 Å². The SMILES string of the molecule is O=C1c2cc3c(cc2CN2C(=O)CCC12)OCO3. The number of ether oxygens (including phenoxy) is 2. The number of benzene rings is 1. The van der Waals surface area contributed by atoms with Crippen LogP contribution in [0, 0.1) is 0 Å². The second kappa shape index (κ2) is 3.25. The maximum atomic E-state index is 12.4. The molecule has 0 aromatic heterocycles. The van der Waals surface area contributed by atoms with E-state index in [0.29, 0.717) is 36.4 Å². The Morgan fingerprint density at radius 2 is 1.94 bits per heavy atom. The highest BCUT2D eigenvalue weighted by Crippen LogP contribution is 2.39. The molecule has 1 aromatic carbocycles. The van der Waals surface area contributed by atoms with Crippen molar-refractivity contribution in [2.45, 2.75) is 25.4 Å². The van der Waals surface area contributed by atoms with E-state index in [4.69, 9.17) is 9.47 Å². The second-order valence-corrected chi connectivity index (χ2v) is 4.80. The van der Waals surface area contributed by atoms with Crippen LogP contribution < -0.4 is 9.47 Å². The van der Waals surface area contributed by atoms with Crippen LogP contribution in [0.3, 0.4) is 0 Å². The molecule has 3 heterocycles. The first-order chi connectivity index (χ1) is 8.74. The second-order valence-electron chi connectivity index (χ2n) is 4.80. The van der Waals surface area contributed by atoms with E-state index in [1.807, 2.05) is 6.07 Å². The van der Waals surface area contributed by atoms with Gasteiger partial charge in [-0.15, -0.1) is 0 Å². The summed E-state index contributed by atoms with van der Waals surface area (Å²) in [6.07, 6.45) is 1.10. The number of carbonyl (C=O) groups excluding carboxylic acids is 2. The van der Waals surface area contributed by atoms with Crippen LogP contribution in [0.1, 0.15) is 28.8 Å². The molecule has 1 amide bonds. The van der Waals surface area contributed by atoms with Crippen LogP contribution in [0.15, 0.2) is 12.1 Å². The van der Waals surface area contributed by atoms with Crippen LogP contribution in [-0.2, 0) is 11.3 Å². The van der Waals surface area contributed by atoms with Crippen LogP contribution in [0.2, 0.25) is 0 Å². The average molecular weight is 245 g/mol. The van der Waals surface area contributed by atoms with E-state index in [-0.39, 0.29) is 24.5 Å². The normalized spacial score (nSPS) is 24.2. The molecule has 92 valence electrons. The molecular formula is C13H11NO4. The summed E-state index contributed by atoms with van der Waals surface area (Å²) in [4.78, 5) is 25.7. The molecule has 1 saturated heterocycles. The number of ketones is 1. The lowest BCUT2D eigenvalue weighted by Gasteiger charge is -2.30. The van der Waals surface area contributed by atoms with Crippen LogP contribution in [0.4, 0.5) is 0 Å². The summed E-state index contributed by atoms with van der Waals surface area (Å²) in [5, 5.41) is 0. The van der Waals surface area contributed by atoms with E-state index >= 15 is 0 Å². The quantitative estimate of drug-likeness (QED) is 0.687. The molecule has 1 atom stereocenters. The highest BCUT2D eigenvalue weighted by Gasteiger charge is 2.41. The predicted octanol–water partition coefficient (Wildman–Crippen LogP) is 1.10. The number of carbonyl (C=O) groups is 2. The Morgan fingerprint density at radius 3 is 2.78 bits per heavy atom. The topological polar surface area (TPSA) is 55.8 Å². The van der Waals surface area contributed by atoms with Crippen LogP contribution in [0.5, 0.6) is 11.5 Å². The Kier molecular flexibility index (Phi) is 1.79. The molecule has 0 saturated carbocycles. The zero-order valence-electron chi connectivity index (χ0n) is 9.64. The molecule has 5 nitrogen and oxygen atoms in total. The van der Waals surface area contributed by atoms with Gasteiger partial charge in [0.2, 0.25) is 12.7 Å². The van der Waals surface area contributed by atoms with E-state index < -0.39 is 0 Å². The summed E-state index contributed by atoms with van der Waals surface area (Å²) in [6.45, 7) is 0.694. The van der Waals surface area contributed by atoms with Crippen molar-refractivity contribution in [3.63, 3.8) is 0 Å². The van der Waals surface area contributed by atoms with Crippen LogP contribution >= 0.6 is 0 Å². The van der Waals surface area contributed by atoms with Crippen molar-refractivity contribution < 1.29 is 19.1 Å². The van der Waals surface area contributed by atoms with E-state index in [0.717, 1.165) is 5.56 Å². The summed E-state index contributed by atoms with van der Waals surface area (Å²) in [5.41, 5.74) is 1.53. The Hall–Kier alpha value is -2.04. The number of Topliss-reactive ketones (excluding diaryl/α,β-unsaturated/α-hetero) is 1. The number of hydrogen-bond donors (Lipinski definition) is 0. The van der Waals surface area contributed by atoms with E-state index in [1.165, 1.54) is 0 Å². The van der Waals surface area contributed by atoms with Crippen molar-refractivity contribution in [2.24, 2.45) is 0 Å². The fourth-order valence-corrected chi connectivity index (χ4v) is 2.91. The van der Waals surface area contributed by atoms with Gasteiger partial charge in [0.25, 0.3) is 0 Å². The van der Waals surface area contributed by atoms with Gasteiger partial charge in [-0.05, 0) is 24.1 Å². The number of hydrogen-bond acceptors (Lipinski definition) is 4. The molecule has 0 spiro atoms. The standard InChI is InChI=1S/C13H11NO4/c15-12-2-1-9-13(16)8-4-11-10(17-6-18-11)3-7(8)5-14(9)12/h3-4,9H,1-2,5-6H2. The lowest BCUT2D eigenvalue weighted by Crippen LogP contribution is -2.42. The minimum Gasteiger partial charge on any atom is -0.454 e.